The van der Waals surface area contributed by atoms with Gasteiger partial charge in [0, 0.05) is 64.6 Å². The Morgan fingerprint density at radius 1 is 0.739 bits per heavy atom. The van der Waals surface area contributed by atoms with Crippen molar-refractivity contribution in [2.24, 2.45) is 0 Å². The zero-order valence-electron chi connectivity index (χ0n) is 28.6. The number of fused-ring (bicyclic) bond motifs is 4. The third-order valence-electron chi connectivity index (χ3n) is 7.98. The van der Waals surface area contributed by atoms with Crippen molar-refractivity contribution in [3.63, 3.8) is 0 Å². The summed E-state index contributed by atoms with van der Waals surface area (Å²) in [5.41, 5.74) is 9.53. The maximum absolute atomic E-state index is 7.23. The van der Waals surface area contributed by atoms with Gasteiger partial charge >= 0.3 is 0 Å². The summed E-state index contributed by atoms with van der Waals surface area (Å²) in [7, 11) is 0. The first kappa shape index (κ1) is 27.5. The first-order valence-corrected chi connectivity index (χ1v) is 14.9. The van der Waals surface area contributed by atoms with Gasteiger partial charge in [0.1, 0.15) is 16.9 Å². The molecule has 46 heavy (non-hydrogen) atoms. The average Bonchev–Trinajstić information content (AvgIpc) is 3.64. The number of nitrogens with zero attached hydrogens (tertiary/aromatic N) is 2. The normalized spacial score (nSPS) is 12.3. The van der Waals surface area contributed by atoms with Crippen molar-refractivity contribution >= 4 is 32.9 Å². The van der Waals surface area contributed by atoms with Crippen molar-refractivity contribution in [3.8, 4) is 33.8 Å². The molecule has 4 heterocycles. The third-order valence-corrected chi connectivity index (χ3v) is 7.98. The molecule has 0 saturated carbocycles. The Kier molecular flexibility index (Phi) is 7.92. The summed E-state index contributed by atoms with van der Waals surface area (Å²) in [6, 6.07) is 39.8. The summed E-state index contributed by atoms with van der Waals surface area (Å²) >= 11 is 0. The number of furan rings is 2. The summed E-state index contributed by atoms with van der Waals surface area (Å²) in [6.45, 7) is 4.39. The van der Waals surface area contributed by atoms with Crippen LogP contribution in [0.5, 0.6) is 0 Å². The molecule has 8 aromatic rings. The molecule has 1 radical (unpaired) electrons. The number of hydrogen-bond acceptors (Lipinski definition) is 4. The molecule has 0 fully saturated rings. The van der Waals surface area contributed by atoms with Gasteiger partial charge in [-0.05, 0) is 48.8 Å². The fourth-order valence-electron chi connectivity index (χ4n) is 5.56. The molecule has 4 nitrogen and oxygen atoms in total. The van der Waals surface area contributed by atoms with E-state index < -0.39 is 6.85 Å². The van der Waals surface area contributed by atoms with Crippen LogP contribution in [0.3, 0.4) is 0 Å². The van der Waals surface area contributed by atoms with Crippen LogP contribution in [0.2, 0.25) is 0 Å². The Labute approximate surface area is 286 Å². The van der Waals surface area contributed by atoms with Crippen molar-refractivity contribution in [1.82, 2.24) is 9.97 Å². The van der Waals surface area contributed by atoms with Crippen molar-refractivity contribution in [2.75, 3.05) is 0 Å². The maximum Gasteiger partial charge on any atom is 0.138 e. The zero-order valence-corrected chi connectivity index (χ0v) is 28.0. The number of aryl methyl sites for hydroxylation is 2. The van der Waals surface area contributed by atoms with Crippen LogP contribution in [-0.4, -0.2) is 9.97 Å². The monoisotopic (exact) mass is 780 g/mol. The van der Waals surface area contributed by atoms with Crippen LogP contribution < -0.4 is 0 Å². The second-order valence-corrected chi connectivity index (χ2v) is 11.3. The van der Waals surface area contributed by atoms with Gasteiger partial charge in [-0.2, -0.15) is 0 Å². The fourth-order valence-corrected chi connectivity index (χ4v) is 5.56. The van der Waals surface area contributed by atoms with Gasteiger partial charge in [0.25, 0.3) is 0 Å². The molecule has 5 heteroatoms. The summed E-state index contributed by atoms with van der Waals surface area (Å²) in [5.74, 6) is 1.33. The molecule has 0 aliphatic carbocycles. The number of pyridine rings is 2. The number of aromatic nitrogens is 2. The van der Waals surface area contributed by atoms with Crippen LogP contribution in [0.4, 0.5) is 0 Å². The molecule has 0 unspecified atom stereocenters. The van der Waals surface area contributed by atoms with Crippen molar-refractivity contribution in [3.05, 3.63) is 144 Å². The van der Waals surface area contributed by atoms with Crippen LogP contribution in [-0.2, 0) is 20.1 Å². The second-order valence-electron chi connectivity index (χ2n) is 11.3. The summed E-state index contributed by atoms with van der Waals surface area (Å²) in [5, 5.41) is 3.24. The van der Waals surface area contributed by atoms with Crippen LogP contribution in [0.15, 0.2) is 124 Å². The minimum atomic E-state index is -2.09. The smallest absolute Gasteiger partial charge is 0.138 e. The molecular formula is C41H32IrN2O2-2. The molecule has 0 aliphatic rings. The van der Waals surface area contributed by atoms with Gasteiger partial charge in [-0.1, -0.05) is 78.9 Å². The summed E-state index contributed by atoms with van der Waals surface area (Å²) in [6.07, 6.45) is 3.25. The quantitative estimate of drug-likeness (QED) is 0.167. The van der Waals surface area contributed by atoms with E-state index in [4.69, 9.17) is 12.9 Å². The van der Waals surface area contributed by atoms with E-state index in [2.05, 4.69) is 79.3 Å². The molecule has 4 aromatic heterocycles. The molecule has 8 rings (SSSR count). The largest absolute Gasteiger partial charge is 0.500 e. The van der Waals surface area contributed by atoms with Gasteiger partial charge in [-0.3, -0.25) is 0 Å². The van der Waals surface area contributed by atoms with Crippen molar-refractivity contribution < 1.29 is 33.1 Å². The van der Waals surface area contributed by atoms with Gasteiger partial charge in [0.05, 0.1) is 5.58 Å². The van der Waals surface area contributed by atoms with Crippen molar-refractivity contribution in [2.45, 2.75) is 33.5 Å². The number of rotatable bonds is 4. The number of benzene rings is 4. The number of hydrogen-bond donors (Lipinski definition) is 0. The molecule has 0 bridgehead atoms. The molecular weight excluding hydrogens is 745 g/mol. The van der Waals surface area contributed by atoms with Crippen LogP contribution in [0.1, 0.15) is 40.6 Å². The molecule has 0 amide bonds. The average molecular weight is 780 g/mol. The second kappa shape index (κ2) is 13.3. The van der Waals surface area contributed by atoms with Gasteiger partial charge in [-0.25, -0.2) is 0 Å². The Balaban J connectivity index is 0.000000208. The molecule has 0 spiro atoms. The third kappa shape index (κ3) is 6.04. The Morgan fingerprint density at radius 2 is 1.57 bits per heavy atom. The van der Waals surface area contributed by atoms with E-state index in [0.29, 0.717) is 5.92 Å². The predicted octanol–water partition coefficient (Wildman–Crippen LogP) is 11.1. The minimum absolute atomic E-state index is 0. The van der Waals surface area contributed by atoms with E-state index in [9.17, 15) is 0 Å². The molecule has 0 atom stereocenters. The SMILES string of the molecule is Cc1c(-c2ccccc2)oc2cc3oc4c(-c5cc(C(C)C)ccn5)[c-]ccc4c3cc12.[2H]C([2H])([2H])c1ccc(-c2[c-]cccc2)nc1.[Ir]. The first-order valence-electron chi connectivity index (χ1n) is 16.4. The first-order chi connectivity index (χ1) is 23.2. The molecule has 0 N–H and O–H groups in total. The molecule has 0 saturated heterocycles. The van der Waals surface area contributed by atoms with E-state index in [0.717, 1.165) is 72.3 Å². The minimum Gasteiger partial charge on any atom is -0.500 e. The zero-order chi connectivity index (χ0) is 33.4. The van der Waals surface area contributed by atoms with Crippen LogP contribution in [0.25, 0.3) is 66.7 Å². The Hall–Kier alpha value is -4.83. The van der Waals surface area contributed by atoms with E-state index in [-0.39, 0.29) is 25.7 Å². The Morgan fingerprint density at radius 3 is 2.30 bits per heavy atom. The summed E-state index contributed by atoms with van der Waals surface area (Å²) in [4.78, 5) is 8.73. The van der Waals surface area contributed by atoms with Gasteiger partial charge < -0.3 is 18.8 Å². The standard InChI is InChI=1S/C29H22NO2.C12H10N.Ir/c1-17(2)20-12-13-30-25(14-20)22-11-7-10-21-24-15-23-18(3)28(19-8-5-4-6-9-19)31-26(23)16-27(24)32-29(21)22;1-10-7-8-12(13-9-10)11-5-3-2-4-6-11;/h4-10,12-17H,1-3H3;2-5,7-9H,1H3;/q2*-1;/i;1D3;. The van der Waals surface area contributed by atoms with E-state index in [1.165, 1.54) is 11.8 Å². The van der Waals surface area contributed by atoms with Crippen LogP contribution in [0, 0.1) is 25.9 Å². The molecule has 229 valence electrons. The van der Waals surface area contributed by atoms with E-state index >= 15 is 0 Å². The van der Waals surface area contributed by atoms with E-state index in [1.54, 1.807) is 18.2 Å². The maximum atomic E-state index is 7.23. The molecule has 0 aliphatic heterocycles. The van der Waals surface area contributed by atoms with Crippen LogP contribution >= 0.6 is 0 Å². The van der Waals surface area contributed by atoms with Gasteiger partial charge in [0.15, 0.2) is 0 Å². The van der Waals surface area contributed by atoms with Crippen molar-refractivity contribution in [1.29, 1.82) is 0 Å². The van der Waals surface area contributed by atoms with Gasteiger partial charge in [-0.15, -0.1) is 54.1 Å². The summed E-state index contributed by atoms with van der Waals surface area (Å²) < 4.78 is 34.3. The fraction of sp³-hybridized carbons (Fsp3) is 0.122. The molecule has 4 aromatic carbocycles. The topological polar surface area (TPSA) is 52.1 Å². The Bertz CT molecular complexity index is 2360. The predicted molar refractivity (Wildman–Crippen MR) is 183 cm³/mol. The van der Waals surface area contributed by atoms with Gasteiger partial charge in [0.2, 0.25) is 0 Å². The van der Waals surface area contributed by atoms with E-state index in [1.807, 2.05) is 54.7 Å².